The van der Waals surface area contributed by atoms with Crippen LogP contribution in [0.1, 0.15) is 38.3 Å². The molecule has 0 aliphatic rings. The van der Waals surface area contributed by atoms with Crippen LogP contribution in [0.4, 0.5) is 5.69 Å². The van der Waals surface area contributed by atoms with Gasteiger partial charge in [0.2, 0.25) is 5.91 Å². The molecule has 3 rings (SSSR count). The first kappa shape index (κ1) is 23.6. The van der Waals surface area contributed by atoms with E-state index in [-0.39, 0.29) is 17.8 Å². The molecule has 2 aromatic carbocycles. The Morgan fingerprint density at radius 3 is 2.61 bits per heavy atom. The second kappa shape index (κ2) is 11.0. The number of aromatic nitrogens is 3. The van der Waals surface area contributed by atoms with Gasteiger partial charge in [0.1, 0.15) is 5.75 Å². The maximum Gasteiger partial charge on any atom is 0.234 e. The zero-order chi connectivity index (χ0) is 22.4. The summed E-state index contributed by atoms with van der Waals surface area (Å²) < 4.78 is 8.81. The number of amides is 1. The predicted molar refractivity (Wildman–Crippen MR) is 129 cm³/mol. The van der Waals surface area contributed by atoms with Crippen molar-refractivity contribution in [3.63, 3.8) is 0 Å². The van der Waals surface area contributed by atoms with E-state index < -0.39 is 0 Å². The number of aryl methyl sites for hydroxylation is 1. The van der Waals surface area contributed by atoms with Gasteiger partial charge in [-0.2, -0.15) is 0 Å². The van der Waals surface area contributed by atoms with Crippen molar-refractivity contribution in [1.82, 2.24) is 14.8 Å². The van der Waals surface area contributed by atoms with Crippen molar-refractivity contribution in [2.75, 3.05) is 11.1 Å². The van der Waals surface area contributed by atoms with Crippen LogP contribution in [-0.2, 0) is 17.8 Å². The molecule has 0 aliphatic carbocycles. The minimum atomic E-state index is -0.270. The summed E-state index contributed by atoms with van der Waals surface area (Å²) in [7, 11) is 0. The first-order valence-corrected chi connectivity index (χ1v) is 12.1. The number of carbonyl (C=O) groups is 1. The first-order chi connectivity index (χ1) is 14.9. The predicted octanol–water partition coefficient (Wildman–Crippen LogP) is 6.15. The van der Waals surface area contributed by atoms with Crippen LogP contribution in [0.5, 0.6) is 5.75 Å². The van der Waals surface area contributed by atoms with Gasteiger partial charge in [-0.05, 0) is 72.1 Å². The Bertz CT molecular complexity index is 1040. The number of hydrogen-bond acceptors (Lipinski definition) is 5. The summed E-state index contributed by atoms with van der Waals surface area (Å²) in [5, 5.41) is 12.6. The SMILES string of the molecule is CCc1ccc(O[C@@H](C)c2nnc(SCC(=O)Nc3ccc(Br)c(Cl)c3)n2CC)cc1. The number of thioether (sulfide) groups is 1. The van der Waals surface area contributed by atoms with Crippen molar-refractivity contribution < 1.29 is 9.53 Å². The lowest BCUT2D eigenvalue weighted by molar-refractivity contribution is -0.113. The minimum Gasteiger partial charge on any atom is -0.483 e. The Balaban J connectivity index is 1.61. The third-order valence-electron chi connectivity index (χ3n) is 4.61. The number of rotatable bonds is 9. The Morgan fingerprint density at radius 2 is 1.97 bits per heavy atom. The molecule has 164 valence electrons. The number of nitrogens with one attached hydrogen (secondary N) is 1. The molecule has 6 nitrogen and oxygen atoms in total. The molecular weight excluding hydrogens is 500 g/mol. The van der Waals surface area contributed by atoms with Crippen LogP contribution >= 0.6 is 39.3 Å². The van der Waals surface area contributed by atoms with Crippen molar-refractivity contribution in [3.8, 4) is 5.75 Å². The molecule has 0 saturated heterocycles. The van der Waals surface area contributed by atoms with Crippen LogP contribution in [0.15, 0.2) is 52.1 Å². The van der Waals surface area contributed by atoms with E-state index in [9.17, 15) is 4.79 Å². The van der Waals surface area contributed by atoms with E-state index in [1.54, 1.807) is 18.2 Å². The fourth-order valence-electron chi connectivity index (χ4n) is 2.97. The summed E-state index contributed by atoms with van der Waals surface area (Å²) >= 11 is 10.8. The molecular formula is C22H24BrClN4O2S. The largest absolute Gasteiger partial charge is 0.483 e. The summed E-state index contributed by atoms with van der Waals surface area (Å²) in [6.45, 7) is 6.76. The number of hydrogen-bond donors (Lipinski definition) is 1. The minimum absolute atomic E-state index is 0.143. The van der Waals surface area contributed by atoms with Crippen LogP contribution in [0.3, 0.4) is 0 Å². The van der Waals surface area contributed by atoms with E-state index in [1.807, 2.05) is 30.5 Å². The Labute approximate surface area is 199 Å². The van der Waals surface area contributed by atoms with Gasteiger partial charge in [-0.3, -0.25) is 4.79 Å². The molecule has 0 aliphatic heterocycles. The zero-order valence-corrected chi connectivity index (χ0v) is 20.7. The summed E-state index contributed by atoms with van der Waals surface area (Å²) in [5.74, 6) is 1.58. The lowest BCUT2D eigenvalue weighted by atomic mass is 10.2. The molecule has 3 aromatic rings. The number of nitrogens with zero attached hydrogens (tertiary/aromatic N) is 3. The third-order valence-corrected chi connectivity index (χ3v) is 6.80. The molecule has 0 spiro atoms. The average Bonchev–Trinajstić information content (AvgIpc) is 3.18. The Morgan fingerprint density at radius 1 is 1.23 bits per heavy atom. The van der Waals surface area contributed by atoms with E-state index in [1.165, 1.54) is 17.3 Å². The van der Waals surface area contributed by atoms with Crippen molar-refractivity contribution >= 4 is 50.9 Å². The smallest absolute Gasteiger partial charge is 0.234 e. The topological polar surface area (TPSA) is 69.0 Å². The molecule has 0 radical (unpaired) electrons. The number of benzene rings is 2. The molecule has 0 fully saturated rings. The third kappa shape index (κ3) is 6.24. The summed E-state index contributed by atoms with van der Waals surface area (Å²) in [6.07, 6.45) is 0.719. The van der Waals surface area contributed by atoms with Crippen molar-refractivity contribution in [1.29, 1.82) is 0 Å². The van der Waals surface area contributed by atoms with Gasteiger partial charge in [0.15, 0.2) is 17.1 Å². The number of halogens is 2. The van der Waals surface area contributed by atoms with E-state index in [0.717, 1.165) is 22.5 Å². The summed E-state index contributed by atoms with van der Waals surface area (Å²) in [6, 6.07) is 13.3. The van der Waals surface area contributed by atoms with Crippen LogP contribution < -0.4 is 10.1 Å². The molecule has 1 amide bonds. The van der Waals surface area contributed by atoms with Gasteiger partial charge in [0.25, 0.3) is 0 Å². The average molecular weight is 524 g/mol. The molecule has 0 saturated carbocycles. The van der Waals surface area contributed by atoms with E-state index >= 15 is 0 Å². The zero-order valence-electron chi connectivity index (χ0n) is 17.6. The number of ether oxygens (including phenoxy) is 1. The monoisotopic (exact) mass is 522 g/mol. The van der Waals surface area contributed by atoms with E-state index in [4.69, 9.17) is 16.3 Å². The molecule has 1 N–H and O–H groups in total. The second-order valence-electron chi connectivity index (χ2n) is 6.81. The Hall–Kier alpha value is -2.03. The maximum atomic E-state index is 12.3. The van der Waals surface area contributed by atoms with Gasteiger partial charge in [-0.1, -0.05) is 42.4 Å². The maximum absolute atomic E-state index is 12.3. The molecule has 0 unspecified atom stereocenters. The Kier molecular flexibility index (Phi) is 8.40. The molecule has 1 aromatic heterocycles. The lowest BCUT2D eigenvalue weighted by Gasteiger charge is -2.16. The highest BCUT2D eigenvalue weighted by atomic mass is 79.9. The fraction of sp³-hybridized carbons (Fsp3) is 0.318. The summed E-state index contributed by atoms with van der Waals surface area (Å²) in [4.78, 5) is 12.3. The van der Waals surface area contributed by atoms with Gasteiger partial charge in [-0.25, -0.2) is 0 Å². The molecule has 31 heavy (non-hydrogen) atoms. The highest BCUT2D eigenvalue weighted by Crippen LogP contribution is 2.27. The fourth-order valence-corrected chi connectivity index (χ4v) is 4.20. The molecule has 1 atom stereocenters. The summed E-state index contributed by atoms with van der Waals surface area (Å²) in [5.41, 5.74) is 1.91. The van der Waals surface area contributed by atoms with Crippen LogP contribution in [0.2, 0.25) is 5.02 Å². The van der Waals surface area contributed by atoms with Gasteiger partial charge in [0.05, 0.1) is 10.8 Å². The van der Waals surface area contributed by atoms with Gasteiger partial charge >= 0.3 is 0 Å². The molecule has 0 bridgehead atoms. The van der Waals surface area contributed by atoms with Crippen molar-refractivity contribution in [3.05, 3.63) is 63.3 Å². The quantitative estimate of drug-likeness (QED) is 0.341. The van der Waals surface area contributed by atoms with Crippen LogP contribution in [0.25, 0.3) is 0 Å². The first-order valence-electron chi connectivity index (χ1n) is 9.97. The number of carbonyl (C=O) groups excluding carboxylic acids is 1. The van der Waals surface area contributed by atoms with Crippen LogP contribution in [-0.4, -0.2) is 26.4 Å². The lowest BCUT2D eigenvalue weighted by Crippen LogP contribution is -2.15. The highest BCUT2D eigenvalue weighted by molar-refractivity contribution is 9.10. The second-order valence-corrected chi connectivity index (χ2v) is 9.01. The van der Waals surface area contributed by atoms with Crippen molar-refractivity contribution in [2.24, 2.45) is 0 Å². The van der Waals surface area contributed by atoms with E-state index in [0.29, 0.717) is 22.4 Å². The van der Waals surface area contributed by atoms with Crippen LogP contribution in [0, 0.1) is 0 Å². The number of anilines is 1. The molecule has 9 heteroatoms. The highest BCUT2D eigenvalue weighted by Gasteiger charge is 2.19. The van der Waals surface area contributed by atoms with Gasteiger partial charge < -0.3 is 14.6 Å². The standard InChI is InChI=1S/C22H24BrClN4O2S/c1-4-15-6-9-17(10-7-15)30-14(3)21-26-27-22(28(21)5-2)31-13-20(29)25-16-8-11-18(23)19(24)12-16/h6-12,14H,4-5,13H2,1-3H3,(H,25,29)/t14-/m0/s1. The molecule has 1 heterocycles. The van der Waals surface area contributed by atoms with Gasteiger partial charge in [0, 0.05) is 16.7 Å². The van der Waals surface area contributed by atoms with Crippen molar-refractivity contribution in [2.45, 2.75) is 45.0 Å². The normalized spacial score (nSPS) is 11.9. The van der Waals surface area contributed by atoms with E-state index in [2.05, 4.69) is 50.5 Å². The van der Waals surface area contributed by atoms with Gasteiger partial charge in [-0.15, -0.1) is 10.2 Å².